The Morgan fingerprint density at radius 1 is 1.41 bits per heavy atom. The minimum atomic E-state index is -1.06. The molecule has 2 aliphatic rings. The van der Waals surface area contributed by atoms with Gasteiger partial charge >= 0.3 is 0 Å². The maximum Gasteiger partial charge on any atom is 0.152 e. The van der Waals surface area contributed by atoms with Gasteiger partial charge in [0.05, 0.1) is 28.8 Å². The Morgan fingerprint density at radius 2 is 2.25 bits per heavy atom. The summed E-state index contributed by atoms with van der Waals surface area (Å²) in [5, 5.41) is 27.4. The molecule has 1 saturated carbocycles. The molecule has 0 bridgehead atoms. The number of aliphatic hydroxyl groups excluding tert-OH is 1. The zero-order chi connectivity index (χ0) is 22.4. The number of nitroso groups, excluding NO2 is 1. The van der Waals surface area contributed by atoms with Gasteiger partial charge in [-0.05, 0) is 67.5 Å². The lowest BCUT2D eigenvalue weighted by Crippen LogP contribution is -2.29. The van der Waals surface area contributed by atoms with Crippen LogP contribution in [-0.2, 0) is 19.4 Å². The number of aryl methyl sites for hydroxylation is 1. The molecule has 0 unspecified atom stereocenters. The summed E-state index contributed by atoms with van der Waals surface area (Å²) >= 11 is 0. The van der Waals surface area contributed by atoms with Crippen molar-refractivity contribution in [3.63, 3.8) is 0 Å². The molecule has 0 spiro atoms. The molecule has 5 rings (SSSR count). The Labute approximate surface area is 184 Å². The number of fused-ring (bicyclic) bond motifs is 2. The highest BCUT2D eigenvalue weighted by molar-refractivity contribution is 5.79. The zero-order valence-corrected chi connectivity index (χ0v) is 17.6. The summed E-state index contributed by atoms with van der Waals surface area (Å²) in [5.41, 5.74) is 4.81. The summed E-state index contributed by atoms with van der Waals surface area (Å²) in [7, 11) is 0. The lowest BCUT2D eigenvalue weighted by molar-refractivity contribution is 0.120. The van der Waals surface area contributed by atoms with Gasteiger partial charge in [0.15, 0.2) is 5.82 Å². The Bertz CT molecular complexity index is 1250. The van der Waals surface area contributed by atoms with Crippen LogP contribution in [0.15, 0.2) is 29.8 Å². The van der Waals surface area contributed by atoms with Crippen LogP contribution in [0.4, 0.5) is 4.39 Å². The third-order valence-electron chi connectivity index (χ3n) is 6.92. The van der Waals surface area contributed by atoms with Crippen molar-refractivity contribution in [2.45, 2.75) is 50.9 Å². The fraction of sp³-hybridized carbons (Fsp3) is 0.435. The number of benzene rings is 1. The SMILES string of the molecule is Cc1ncnc2c1c(F)cn2[C@@H]1C[C@H](Cc2cc(C#N)cc3c2CNCC3)[C@@H](N=O)[C@H]1O. The number of nitriles is 1. The minimum Gasteiger partial charge on any atom is -0.389 e. The number of hydrogen-bond donors (Lipinski definition) is 2. The Morgan fingerprint density at radius 3 is 3.03 bits per heavy atom. The van der Waals surface area contributed by atoms with Crippen LogP contribution < -0.4 is 5.32 Å². The van der Waals surface area contributed by atoms with E-state index in [0.29, 0.717) is 41.7 Å². The largest absolute Gasteiger partial charge is 0.389 e. The Hall–Kier alpha value is -3.22. The van der Waals surface area contributed by atoms with Crippen LogP contribution in [0, 0.1) is 34.9 Å². The third-order valence-corrected chi connectivity index (χ3v) is 6.92. The first-order valence-electron chi connectivity index (χ1n) is 10.8. The highest BCUT2D eigenvalue weighted by atomic mass is 19.1. The highest BCUT2D eigenvalue weighted by Gasteiger charge is 2.45. The number of aliphatic hydroxyl groups is 1. The van der Waals surface area contributed by atoms with Crippen molar-refractivity contribution in [2.75, 3.05) is 6.54 Å². The van der Waals surface area contributed by atoms with Gasteiger partial charge in [-0.1, -0.05) is 5.18 Å². The average molecular weight is 434 g/mol. The molecule has 4 atom stereocenters. The van der Waals surface area contributed by atoms with Crippen LogP contribution in [-0.4, -0.2) is 38.3 Å². The van der Waals surface area contributed by atoms with E-state index in [0.717, 1.165) is 29.7 Å². The molecule has 9 heteroatoms. The van der Waals surface area contributed by atoms with Crippen LogP contribution >= 0.6 is 0 Å². The normalized spacial score (nSPS) is 24.9. The topological polar surface area (TPSA) is 116 Å². The Kier molecular flexibility index (Phi) is 5.19. The molecule has 0 amide bonds. The van der Waals surface area contributed by atoms with Gasteiger partial charge in [-0.3, -0.25) is 0 Å². The lowest BCUT2D eigenvalue weighted by Gasteiger charge is -2.23. The van der Waals surface area contributed by atoms with Crippen LogP contribution in [0.1, 0.15) is 40.4 Å². The summed E-state index contributed by atoms with van der Waals surface area (Å²) < 4.78 is 16.3. The van der Waals surface area contributed by atoms with Gasteiger partial charge in [0.2, 0.25) is 0 Å². The molecule has 1 aliphatic carbocycles. The van der Waals surface area contributed by atoms with E-state index in [1.165, 1.54) is 12.5 Å². The number of halogens is 1. The summed E-state index contributed by atoms with van der Waals surface area (Å²) in [6.45, 7) is 3.27. The van der Waals surface area contributed by atoms with Gasteiger partial charge in [0.25, 0.3) is 0 Å². The zero-order valence-electron chi connectivity index (χ0n) is 17.6. The van der Waals surface area contributed by atoms with Crippen molar-refractivity contribution >= 4 is 11.0 Å². The molecule has 8 nitrogen and oxygen atoms in total. The van der Waals surface area contributed by atoms with Gasteiger partial charge in [-0.25, -0.2) is 14.4 Å². The van der Waals surface area contributed by atoms with E-state index in [4.69, 9.17) is 0 Å². The summed E-state index contributed by atoms with van der Waals surface area (Å²) in [5.74, 6) is -0.692. The average Bonchev–Trinajstić information content (AvgIpc) is 3.30. The second-order valence-corrected chi connectivity index (χ2v) is 8.71. The molecule has 3 aromatic rings. The molecule has 1 aromatic carbocycles. The van der Waals surface area contributed by atoms with Crippen molar-refractivity contribution < 1.29 is 9.50 Å². The summed E-state index contributed by atoms with van der Waals surface area (Å²) in [6, 6.07) is 4.66. The smallest absolute Gasteiger partial charge is 0.152 e. The standard InChI is InChI=1S/C23H23FN6O2/c1-12-20-18(24)10-30(23(20)28-11-27-12)19-7-16(21(29-32)22(19)31)6-15-5-13(8-25)4-14-2-3-26-9-17(14)15/h4-5,10-11,16,19,21-22,26,31H,2-3,6-7,9H2,1H3/t16-,19+,21+,22-/m0/s1. The van der Waals surface area contributed by atoms with Gasteiger partial charge in [-0.2, -0.15) is 10.2 Å². The molecular formula is C23H23FN6O2. The van der Waals surface area contributed by atoms with Gasteiger partial charge in [0, 0.05) is 12.7 Å². The molecule has 0 saturated heterocycles. The van der Waals surface area contributed by atoms with E-state index in [-0.39, 0.29) is 5.92 Å². The van der Waals surface area contributed by atoms with Crippen molar-refractivity contribution in [1.29, 1.82) is 5.26 Å². The fourth-order valence-electron chi connectivity index (χ4n) is 5.38. The molecular weight excluding hydrogens is 411 g/mol. The molecule has 32 heavy (non-hydrogen) atoms. The van der Waals surface area contributed by atoms with Crippen LogP contribution in [0.2, 0.25) is 0 Å². The molecule has 0 radical (unpaired) electrons. The first kappa shape index (κ1) is 20.7. The predicted molar refractivity (Wildman–Crippen MR) is 115 cm³/mol. The van der Waals surface area contributed by atoms with Crippen molar-refractivity contribution in [3.05, 3.63) is 63.3 Å². The summed E-state index contributed by atoms with van der Waals surface area (Å²) in [4.78, 5) is 20.0. The van der Waals surface area contributed by atoms with Gasteiger partial charge in [-0.15, -0.1) is 0 Å². The van der Waals surface area contributed by atoms with Crippen LogP contribution in [0.3, 0.4) is 0 Å². The predicted octanol–water partition coefficient (Wildman–Crippen LogP) is 2.70. The molecule has 2 N–H and O–H groups in total. The van der Waals surface area contributed by atoms with E-state index >= 15 is 0 Å². The number of hydrogen-bond acceptors (Lipinski definition) is 7. The quantitative estimate of drug-likeness (QED) is 0.610. The van der Waals surface area contributed by atoms with E-state index in [9.17, 15) is 19.7 Å². The second-order valence-electron chi connectivity index (χ2n) is 8.71. The van der Waals surface area contributed by atoms with Gasteiger partial charge in [0.1, 0.15) is 24.1 Å². The molecule has 1 fully saturated rings. The third kappa shape index (κ3) is 3.27. The second kappa shape index (κ2) is 8.04. The molecule has 1 aliphatic heterocycles. The fourth-order valence-corrected chi connectivity index (χ4v) is 5.38. The number of aromatic nitrogens is 3. The number of nitrogens with zero attached hydrogens (tertiary/aromatic N) is 5. The molecule has 2 aromatic heterocycles. The van der Waals surface area contributed by atoms with Crippen molar-refractivity contribution in [3.8, 4) is 6.07 Å². The summed E-state index contributed by atoms with van der Waals surface area (Å²) in [6.07, 6.45) is 3.44. The molecule has 164 valence electrons. The Balaban J connectivity index is 1.51. The maximum absolute atomic E-state index is 14.6. The first-order valence-corrected chi connectivity index (χ1v) is 10.8. The van der Waals surface area contributed by atoms with Crippen LogP contribution in [0.25, 0.3) is 11.0 Å². The van der Waals surface area contributed by atoms with E-state index in [1.54, 1.807) is 11.5 Å². The van der Waals surface area contributed by atoms with Crippen molar-refractivity contribution in [2.24, 2.45) is 11.1 Å². The lowest BCUT2D eigenvalue weighted by atomic mass is 9.87. The van der Waals surface area contributed by atoms with Crippen molar-refractivity contribution in [1.82, 2.24) is 19.9 Å². The minimum absolute atomic E-state index is 0.240. The van der Waals surface area contributed by atoms with Gasteiger partial charge < -0.3 is 15.0 Å². The maximum atomic E-state index is 14.6. The number of rotatable bonds is 4. The highest BCUT2D eigenvalue weighted by Crippen LogP contribution is 2.41. The van der Waals surface area contributed by atoms with E-state index in [2.05, 4.69) is 26.5 Å². The monoisotopic (exact) mass is 434 g/mol. The van der Waals surface area contributed by atoms with E-state index in [1.807, 2.05) is 12.1 Å². The molecule has 3 heterocycles. The van der Waals surface area contributed by atoms with E-state index < -0.39 is 24.0 Å². The number of nitrogens with one attached hydrogen (secondary N) is 1. The van der Waals surface area contributed by atoms with Crippen LogP contribution in [0.5, 0.6) is 0 Å². The first-order chi connectivity index (χ1) is 15.5.